The fourth-order valence-electron chi connectivity index (χ4n) is 2.61. The van der Waals surface area contributed by atoms with Crippen LogP contribution in [0.2, 0.25) is 0 Å². The summed E-state index contributed by atoms with van der Waals surface area (Å²) in [5.41, 5.74) is 1.66. The van der Waals surface area contributed by atoms with Gasteiger partial charge in [0.1, 0.15) is 24.0 Å². The van der Waals surface area contributed by atoms with Crippen molar-refractivity contribution in [2.75, 3.05) is 27.3 Å². The molecule has 0 atom stereocenters. The first kappa shape index (κ1) is 15.5. The number of carbonyl (C=O) groups excluding carboxylic acids is 1. The molecule has 0 aromatic heterocycles. The van der Waals surface area contributed by atoms with Crippen LogP contribution < -0.4 is 4.74 Å². The van der Waals surface area contributed by atoms with Crippen molar-refractivity contribution in [1.82, 2.24) is 5.06 Å². The number of esters is 1. The van der Waals surface area contributed by atoms with Crippen molar-refractivity contribution in [3.8, 4) is 11.5 Å². The van der Waals surface area contributed by atoms with Crippen molar-refractivity contribution >= 4 is 5.97 Å². The predicted octanol–water partition coefficient (Wildman–Crippen LogP) is 2.96. The molecular weight excluding hydrogens is 294 g/mol. The van der Waals surface area contributed by atoms with E-state index in [-0.39, 0.29) is 12.6 Å². The molecule has 0 saturated heterocycles. The third kappa shape index (κ3) is 3.21. The molecule has 0 aliphatic carbocycles. The Morgan fingerprint density at radius 1 is 1.09 bits per heavy atom. The van der Waals surface area contributed by atoms with E-state index in [4.69, 9.17) is 14.3 Å². The van der Waals surface area contributed by atoms with Crippen molar-refractivity contribution in [2.24, 2.45) is 0 Å². The smallest absolute Gasteiger partial charge is 0.318 e. The molecule has 0 spiro atoms. The summed E-state index contributed by atoms with van der Waals surface area (Å²) in [6.45, 7) is 0.777. The van der Waals surface area contributed by atoms with Crippen LogP contribution in [0.4, 0.5) is 0 Å². The van der Waals surface area contributed by atoms with Gasteiger partial charge in [-0.1, -0.05) is 36.4 Å². The highest BCUT2D eigenvalue weighted by molar-refractivity contribution is 5.85. The van der Waals surface area contributed by atoms with Gasteiger partial charge in [0.25, 0.3) is 0 Å². The Hall–Kier alpha value is -2.37. The lowest BCUT2D eigenvalue weighted by atomic mass is 9.88. The highest BCUT2D eigenvalue weighted by Gasteiger charge is 2.33. The lowest BCUT2D eigenvalue weighted by Crippen LogP contribution is -2.26. The van der Waals surface area contributed by atoms with E-state index in [1.807, 2.05) is 48.5 Å². The number of likely N-dealkylation sites (N-methyl/N-ethyl adjacent to an activating group) is 1. The van der Waals surface area contributed by atoms with Crippen LogP contribution in [-0.2, 0) is 14.4 Å². The molecule has 5 nitrogen and oxygen atoms in total. The summed E-state index contributed by atoms with van der Waals surface area (Å²) >= 11 is 0. The van der Waals surface area contributed by atoms with Crippen LogP contribution in [0.3, 0.4) is 0 Å². The fraction of sp³-hybridized carbons (Fsp3) is 0.278. The molecule has 0 fully saturated rings. The number of hydrogen-bond donors (Lipinski definition) is 0. The highest BCUT2D eigenvalue weighted by atomic mass is 16.7. The van der Waals surface area contributed by atoms with E-state index in [1.54, 1.807) is 19.2 Å². The van der Waals surface area contributed by atoms with E-state index in [2.05, 4.69) is 0 Å². The second kappa shape index (κ2) is 6.81. The zero-order chi connectivity index (χ0) is 16.2. The molecule has 0 N–H and O–H groups in total. The van der Waals surface area contributed by atoms with E-state index in [0.717, 1.165) is 11.1 Å². The van der Waals surface area contributed by atoms with E-state index in [9.17, 15) is 4.79 Å². The summed E-state index contributed by atoms with van der Waals surface area (Å²) in [6.07, 6.45) is 0. The fourth-order valence-corrected chi connectivity index (χ4v) is 2.61. The van der Waals surface area contributed by atoms with Crippen LogP contribution in [0.5, 0.6) is 11.5 Å². The SMILES string of the molecule is CON(C)CCOC(=O)C1c2ccccc2Oc2ccccc21. The molecule has 1 aliphatic heterocycles. The third-order valence-electron chi connectivity index (χ3n) is 3.88. The molecule has 0 unspecified atom stereocenters. The maximum atomic E-state index is 12.7. The van der Waals surface area contributed by atoms with Gasteiger partial charge in [-0.2, -0.15) is 5.06 Å². The molecular formula is C18H19NO4. The first-order valence-electron chi connectivity index (χ1n) is 7.48. The number of hydrogen-bond acceptors (Lipinski definition) is 5. The van der Waals surface area contributed by atoms with Crippen molar-refractivity contribution in [3.05, 3.63) is 59.7 Å². The van der Waals surface area contributed by atoms with Crippen molar-refractivity contribution in [3.63, 3.8) is 0 Å². The minimum absolute atomic E-state index is 0.269. The topological polar surface area (TPSA) is 48.0 Å². The summed E-state index contributed by atoms with van der Waals surface area (Å²) in [7, 11) is 3.36. The molecule has 2 aromatic carbocycles. The number of carbonyl (C=O) groups is 1. The molecule has 120 valence electrons. The minimum Gasteiger partial charge on any atom is -0.464 e. The molecule has 1 aliphatic rings. The van der Waals surface area contributed by atoms with E-state index in [0.29, 0.717) is 18.0 Å². The van der Waals surface area contributed by atoms with E-state index >= 15 is 0 Å². The van der Waals surface area contributed by atoms with Gasteiger partial charge in [-0.25, -0.2) is 0 Å². The van der Waals surface area contributed by atoms with Gasteiger partial charge >= 0.3 is 5.97 Å². The second-order valence-electron chi connectivity index (χ2n) is 5.31. The quantitative estimate of drug-likeness (QED) is 0.627. The van der Waals surface area contributed by atoms with Gasteiger partial charge in [0.2, 0.25) is 0 Å². The molecule has 0 bridgehead atoms. The molecule has 1 heterocycles. The summed E-state index contributed by atoms with van der Waals surface area (Å²) in [5.74, 6) is 0.644. The highest BCUT2D eigenvalue weighted by Crippen LogP contribution is 2.44. The van der Waals surface area contributed by atoms with Gasteiger partial charge in [0.05, 0.1) is 13.7 Å². The Morgan fingerprint density at radius 2 is 1.65 bits per heavy atom. The van der Waals surface area contributed by atoms with Crippen LogP contribution in [0.1, 0.15) is 17.0 Å². The van der Waals surface area contributed by atoms with Gasteiger partial charge in [0, 0.05) is 18.2 Å². The predicted molar refractivity (Wildman–Crippen MR) is 85.4 cm³/mol. The molecule has 0 saturated carbocycles. The minimum atomic E-state index is -0.469. The van der Waals surface area contributed by atoms with Crippen LogP contribution in [0, 0.1) is 0 Å². The van der Waals surface area contributed by atoms with Crippen LogP contribution in [0.15, 0.2) is 48.5 Å². The second-order valence-corrected chi connectivity index (χ2v) is 5.31. The summed E-state index contributed by atoms with van der Waals surface area (Å²) in [4.78, 5) is 17.7. The molecule has 0 radical (unpaired) electrons. The summed E-state index contributed by atoms with van der Waals surface area (Å²) < 4.78 is 11.3. The molecule has 3 rings (SSSR count). The van der Waals surface area contributed by atoms with Gasteiger partial charge in [-0.05, 0) is 12.1 Å². The maximum absolute atomic E-state index is 12.7. The number of ether oxygens (including phenoxy) is 2. The first-order valence-corrected chi connectivity index (χ1v) is 7.48. The Bertz CT molecular complexity index is 655. The van der Waals surface area contributed by atoms with Crippen LogP contribution >= 0.6 is 0 Å². The number of benzene rings is 2. The number of fused-ring (bicyclic) bond motifs is 2. The van der Waals surface area contributed by atoms with Gasteiger partial charge in [-0.15, -0.1) is 0 Å². The number of rotatable bonds is 5. The lowest BCUT2D eigenvalue weighted by molar-refractivity contribution is -0.151. The summed E-state index contributed by atoms with van der Waals surface area (Å²) in [6, 6.07) is 15.1. The van der Waals surface area contributed by atoms with Gasteiger partial charge < -0.3 is 14.3 Å². The molecule has 2 aromatic rings. The first-order chi connectivity index (χ1) is 11.2. The monoisotopic (exact) mass is 313 g/mol. The average molecular weight is 313 g/mol. The number of hydroxylamine groups is 2. The van der Waals surface area contributed by atoms with Crippen molar-refractivity contribution in [2.45, 2.75) is 5.92 Å². The standard InChI is InChI=1S/C18H19NO4/c1-19(21-2)11-12-22-18(20)17-13-7-3-5-9-15(13)23-16-10-6-4-8-14(16)17/h3-10,17H,11-12H2,1-2H3. The van der Waals surface area contributed by atoms with Crippen LogP contribution in [-0.4, -0.2) is 38.3 Å². The van der Waals surface area contributed by atoms with E-state index in [1.165, 1.54) is 0 Å². The maximum Gasteiger partial charge on any atom is 0.318 e. The van der Waals surface area contributed by atoms with Crippen LogP contribution in [0.25, 0.3) is 0 Å². The van der Waals surface area contributed by atoms with Gasteiger partial charge in [0.15, 0.2) is 0 Å². The Kier molecular flexibility index (Phi) is 4.60. The third-order valence-corrected chi connectivity index (χ3v) is 3.88. The molecule has 23 heavy (non-hydrogen) atoms. The number of nitrogens with zero attached hydrogens (tertiary/aromatic N) is 1. The zero-order valence-electron chi connectivity index (χ0n) is 13.2. The largest absolute Gasteiger partial charge is 0.464 e. The van der Waals surface area contributed by atoms with Crippen molar-refractivity contribution < 1.29 is 19.1 Å². The molecule has 5 heteroatoms. The number of para-hydroxylation sites is 2. The Labute approximate surface area is 135 Å². The zero-order valence-corrected chi connectivity index (χ0v) is 13.2. The molecule has 0 amide bonds. The van der Waals surface area contributed by atoms with Crippen molar-refractivity contribution in [1.29, 1.82) is 0 Å². The lowest BCUT2D eigenvalue weighted by Gasteiger charge is -2.27. The Morgan fingerprint density at radius 3 is 2.22 bits per heavy atom. The average Bonchev–Trinajstić information content (AvgIpc) is 2.59. The summed E-state index contributed by atoms with van der Waals surface area (Å²) in [5, 5.41) is 1.61. The Balaban J connectivity index is 1.84. The van der Waals surface area contributed by atoms with E-state index < -0.39 is 5.92 Å². The normalized spacial score (nSPS) is 13.2. The van der Waals surface area contributed by atoms with Gasteiger partial charge in [-0.3, -0.25) is 4.79 Å².